The smallest absolute Gasteiger partial charge is 0.367 e. The van der Waals surface area contributed by atoms with E-state index in [9.17, 15) is 18.0 Å². The summed E-state index contributed by atoms with van der Waals surface area (Å²) in [7, 11) is 1.62. The Bertz CT molecular complexity index is 608. The van der Waals surface area contributed by atoms with Crippen LogP contribution >= 0.6 is 0 Å². The lowest BCUT2D eigenvalue weighted by Gasteiger charge is -2.27. The number of carbonyl (C=O) groups is 1. The molecule has 2 rings (SSSR count). The Labute approximate surface area is 178 Å². The van der Waals surface area contributed by atoms with Crippen molar-refractivity contribution in [1.82, 2.24) is 10.2 Å². The summed E-state index contributed by atoms with van der Waals surface area (Å²) >= 11 is 0. The van der Waals surface area contributed by atoms with E-state index in [-0.39, 0.29) is 23.4 Å². The van der Waals surface area contributed by atoms with Gasteiger partial charge in [0.1, 0.15) is 6.10 Å². The summed E-state index contributed by atoms with van der Waals surface area (Å²) < 4.78 is 43.6. The molecule has 2 aliphatic rings. The van der Waals surface area contributed by atoms with Crippen LogP contribution < -0.4 is 5.32 Å². The molecule has 1 saturated carbocycles. The first-order valence-electron chi connectivity index (χ1n) is 11.1. The van der Waals surface area contributed by atoms with Crippen molar-refractivity contribution in [1.29, 1.82) is 0 Å². The van der Waals surface area contributed by atoms with Gasteiger partial charge in [-0.25, -0.2) is 0 Å². The molecule has 7 heteroatoms. The fourth-order valence-corrected chi connectivity index (χ4v) is 4.50. The van der Waals surface area contributed by atoms with Crippen molar-refractivity contribution < 1.29 is 22.7 Å². The van der Waals surface area contributed by atoms with Crippen LogP contribution in [0, 0.1) is 11.3 Å². The average Bonchev–Trinajstić information content (AvgIpc) is 2.86. The average molecular weight is 431 g/mol. The van der Waals surface area contributed by atoms with Crippen molar-refractivity contribution in [2.45, 2.75) is 71.1 Å². The van der Waals surface area contributed by atoms with Crippen LogP contribution in [0.1, 0.15) is 58.8 Å². The van der Waals surface area contributed by atoms with Gasteiger partial charge in [-0.05, 0) is 37.8 Å². The second-order valence-corrected chi connectivity index (χ2v) is 9.33. The van der Waals surface area contributed by atoms with Gasteiger partial charge in [0, 0.05) is 25.0 Å². The molecule has 1 saturated heterocycles. The van der Waals surface area contributed by atoms with Gasteiger partial charge in [0.15, 0.2) is 0 Å². The third-order valence-corrected chi connectivity index (χ3v) is 5.92. The third-order valence-electron chi connectivity index (χ3n) is 5.92. The zero-order valence-corrected chi connectivity index (χ0v) is 18.6. The quantitative estimate of drug-likeness (QED) is 0.397. The largest absolute Gasteiger partial charge is 0.392 e. The predicted octanol–water partition coefficient (Wildman–Crippen LogP) is 4.86. The van der Waals surface area contributed by atoms with Gasteiger partial charge in [-0.2, -0.15) is 13.2 Å². The number of halogens is 3. The van der Waals surface area contributed by atoms with E-state index < -0.39 is 18.7 Å². The minimum absolute atomic E-state index is 0.0796. The van der Waals surface area contributed by atoms with Gasteiger partial charge in [0.05, 0.1) is 13.0 Å². The Kier molecular flexibility index (Phi) is 9.41. The fraction of sp³-hybridized carbons (Fsp3) is 0.783. The lowest BCUT2D eigenvalue weighted by molar-refractivity contribution is -0.140. The standard InChI is InChI=1S/C23H37F3N2O2/c1-22(2)17-28(16-18-10-6-4-7-11-18)21(29)20(22)30-13-9-5-8-12-19(15-27-3)14-23(24,25)26/h5,8,12,18,20,27H,4,6-7,9-11,13-17H2,1-3H3/b8-5-,19-12+. The van der Waals surface area contributed by atoms with E-state index in [1.807, 2.05) is 4.90 Å². The van der Waals surface area contributed by atoms with Gasteiger partial charge in [0.25, 0.3) is 5.91 Å². The van der Waals surface area contributed by atoms with Crippen molar-refractivity contribution in [3.8, 4) is 0 Å². The number of rotatable bonds is 10. The zero-order valence-electron chi connectivity index (χ0n) is 18.6. The van der Waals surface area contributed by atoms with Crippen LogP contribution in [0.5, 0.6) is 0 Å². The summed E-state index contributed by atoms with van der Waals surface area (Å²) in [6.07, 6.45) is 6.14. The predicted molar refractivity (Wildman–Crippen MR) is 113 cm³/mol. The maximum atomic E-state index is 12.9. The van der Waals surface area contributed by atoms with Gasteiger partial charge in [0.2, 0.25) is 0 Å². The Morgan fingerprint density at radius 1 is 1.27 bits per heavy atom. The Hall–Kier alpha value is -1.34. The maximum absolute atomic E-state index is 12.9. The van der Waals surface area contributed by atoms with Crippen molar-refractivity contribution in [3.63, 3.8) is 0 Å². The Morgan fingerprint density at radius 3 is 2.60 bits per heavy atom. The van der Waals surface area contributed by atoms with Crippen LogP contribution in [0.4, 0.5) is 13.2 Å². The fourth-order valence-electron chi connectivity index (χ4n) is 4.50. The summed E-state index contributed by atoms with van der Waals surface area (Å²) in [6, 6.07) is 0. The Balaban J connectivity index is 1.80. The van der Waals surface area contributed by atoms with Crippen LogP contribution in [-0.2, 0) is 9.53 Å². The summed E-state index contributed by atoms with van der Waals surface area (Å²) in [5.41, 5.74) is 0.0508. The Morgan fingerprint density at radius 2 is 1.97 bits per heavy atom. The number of allylic oxidation sites excluding steroid dienone is 2. The SMILES string of the molecule is CNC/C(=C/C=C\CCOC1C(=O)N(CC2CCCCC2)CC1(C)C)CC(F)(F)F. The monoisotopic (exact) mass is 430 g/mol. The molecule has 1 amide bonds. The lowest BCUT2D eigenvalue weighted by atomic mass is 9.88. The van der Waals surface area contributed by atoms with Crippen LogP contribution in [-0.4, -0.2) is 56.4 Å². The topological polar surface area (TPSA) is 41.6 Å². The van der Waals surface area contributed by atoms with Gasteiger partial charge in [-0.15, -0.1) is 0 Å². The first kappa shape index (κ1) is 24.9. The van der Waals surface area contributed by atoms with Crippen LogP contribution in [0.2, 0.25) is 0 Å². The van der Waals surface area contributed by atoms with Crippen LogP contribution in [0.25, 0.3) is 0 Å². The number of nitrogens with one attached hydrogen (secondary N) is 1. The molecule has 1 unspecified atom stereocenters. The minimum Gasteiger partial charge on any atom is -0.367 e. The number of likely N-dealkylation sites (tertiary alicyclic amines) is 1. The lowest BCUT2D eigenvalue weighted by Crippen LogP contribution is -2.36. The van der Waals surface area contributed by atoms with E-state index in [0.29, 0.717) is 18.9 Å². The number of hydrogen-bond acceptors (Lipinski definition) is 3. The van der Waals surface area contributed by atoms with E-state index in [2.05, 4.69) is 19.2 Å². The molecular formula is C23H37F3N2O2. The minimum atomic E-state index is -4.21. The van der Waals surface area contributed by atoms with E-state index in [0.717, 1.165) is 13.1 Å². The molecule has 2 fully saturated rings. The molecular weight excluding hydrogens is 393 g/mol. The molecule has 1 atom stereocenters. The summed E-state index contributed by atoms with van der Waals surface area (Å²) in [5, 5.41) is 2.76. The van der Waals surface area contributed by atoms with Crippen LogP contribution in [0.15, 0.2) is 23.8 Å². The molecule has 4 nitrogen and oxygen atoms in total. The normalized spacial score (nSPS) is 23.7. The summed E-state index contributed by atoms with van der Waals surface area (Å²) in [6.45, 7) is 6.26. The number of carbonyl (C=O) groups excluding carboxylic acids is 1. The first-order valence-corrected chi connectivity index (χ1v) is 11.1. The number of amides is 1. The molecule has 0 aromatic heterocycles. The number of ether oxygens (including phenoxy) is 1. The number of hydrogen-bond donors (Lipinski definition) is 1. The van der Waals surface area contributed by atoms with E-state index >= 15 is 0 Å². The third kappa shape index (κ3) is 8.06. The highest BCUT2D eigenvalue weighted by molar-refractivity contribution is 5.84. The molecule has 0 aromatic rings. The van der Waals surface area contributed by atoms with Crippen LogP contribution in [0.3, 0.4) is 0 Å². The molecule has 1 aliphatic carbocycles. The molecule has 0 bridgehead atoms. The maximum Gasteiger partial charge on any atom is 0.392 e. The van der Waals surface area contributed by atoms with E-state index in [1.54, 1.807) is 19.2 Å². The molecule has 0 spiro atoms. The first-order chi connectivity index (χ1) is 14.1. The molecule has 0 radical (unpaired) electrons. The van der Waals surface area contributed by atoms with E-state index in [1.165, 1.54) is 38.2 Å². The summed E-state index contributed by atoms with van der Waals surface area (Å²) in [5.74, 6) is 0.686. The van der Waals surface area contributed by atoms with E-state index in [4.69, 9.17) is 4.74 Å². The van der Waals surface area contributed by atoms with Gasteiger partial charge in [-0.1, -0.05) is 51.3 Å². The molecule has 172 valence electrons. The highest BCUT2D eigenvalue weighted by atomic mass is 19.4. The molecule has 1 heterocycles. The number of nitrogens with zero attached hydrogens (tertiary/aromatic N) is 1. The van der Waals surface area contributed by atoms with Gasteiger partial charge in [-0.3, -0.25) is 4.79 Å². The highest BCUT2D eigenvalue weighted by Gasteiger charge is 2.47. The summed E-state index contributed by atoms with van der Waals surface area (Å²) in [4.78, 5) is 14.8. The second kappa shape index (κ2) is 11.3. The highest BCUT2D eigenvalue weighted by Crippen LogP contribution is 2.35. The van der Waals surface area contributed by atoms with Crippen molar-refractivity contribution in [2.24, 2.45) is 11.3 Å². The molecule has 30 heavy (non-hydrogen) atoms. The van der Waals surface area contributed by atoms with Crippen molar-refractivity contribution in [2.75, 3.05) is 33.3 Å². The molecule has 1 N–H and O–H groups in total. The van der Waals surface area contributed by atoms with Gasteiger partial charge < -0.3 is 15.0 Å². The zero-order chi connectivity index (χ0) is 22.2. The second-order valence-electron chi connectivity index (χ2n) is 9.33. The number of likely N-dealkylation sites (N-methyl/N-ethyl adjacent to an activating group) is 1. The van der Waals surface area contributed by atoms with Crippen molar-refractivity contribution in [3.05, 3.63) is 23.8 Å². The van der Waals surface area contributed by atoms with Gasteiger partial charge >= 0.3 is 6.18 Å². The number of alkyl halides is 3. The van der Waals surface area contributed by atoms with Crippen molar-refractivity contribution >= 4 is 5.91 Å². The molecule has 1 aliphatic heterocycles. The molecule has 0 aromatic carbocycles.